The first-order valence-electron chi connectivity index (χ1n) is 8.21. The van der Waals surface area contributed by atoms with E-state index in [0.29, 0.717) is 6.54 Å². The van der Waals surface area contributed by atoms with Crippen LogP contribution in [0.3, 0.4) is 0 Å². The summed E-state index contributed by atoms with van der Waals surface area (Å²) in [5, 5.41) is 5.06. The van der Waals surface area contributed by atoms with E-state index in [1.807, 2.05) is 38.1 Å². The van der Waals surface area contributed by atoms with Crippen LogP contribution >= 0.6 is 15.9 Å². The van der Waals surface area contributed by atoms with Gasteiger partial charge in [-0.15, -0.1) is 0 Å². The monoisotopic (exact) mass is 414 g/mol. The maximum absolute atomic E-state index is 12.2. The number of alkyl carbamates (subject to hydrolysis) is 1. The number of likely N-dealkylation sites (N-methyl/N-ethyl adjacent to an activating group) is 1. The van der Waals surface area contributed by atoms with Crippen LogP contribution in [0.2, 0.25) is 0 Å². The number of nitrogens with one attached hydrogen (secondary N) is 3. The van der Waals surface area contributed by atoms with Gasteiger partial charge in [-0.1, -0.05) is 34.1 Å². The number of imide groups is 1. The van der Waals surface area contributed by atoms with Crippen molar-refractivity contribution in [1.29, 1.82) is 0 Å². The minimum Gasteiger partial charge on any atom is -0.450 e. The lowest BCUT2D eigenvalue weighted by molar-refractivity contribution is -0.881. The van der Waals surface area contributed by atoms with Gasteiger partial charge in [-0.25, -0.2) is 4.79 Å². The van der Waals surface area contributed by atoms with Gasteiger partial charge in [0.15, 0.2) is 13.1 Å². The van der Waals surface area contributed by atoms with Crippen LogP contribution in [0.4, 0.5) is 4.79 Å². The van der Waals surface area contributed by atoms with Crippen LogP contribution < -0.4 is 15.5 Å². The van der Waals surface area contributed by atoms with E-state index in [9.17, 15) is 14.4 Å². The molecule has 3 amide bonds. The van der Waals surface area contributed by atoms with Crippen molar-refractivity contribution in [1.82, 2.24) is 10.6 Å². The molecule has 3 N–H and O–H groups in total. The highest BCUT2D eigenvalue weighted by Crippen LogP contribution is 2.22. The minimum atomic E-state index is -0.769. The van der Waals surface area contributed by atoms with Gasteiger partial charge >= 0.3 is 6.09 Å². The lowest BCUT2D eigenvalue weighted by atomic mass is 10.1. The molecule has 7 nitrogen and oxygen atoms in total. The normalized spacial score (nSPS) is 12.8. The number of carbonyl (C=O) groups excluding carboxylic acids is 3. The molecule has 0 bridgehead atoms. The van der Waals surface area contributed by atoms with Gasteiger partial charge in [0.2, 0.25) is 0 Å². The summed E-state index contributed by atoms with van der Waals surface area (Å²) >= 11 is 3.47. The van der Waals surface area contributed by atoms with Gasteiger partial charge in [0, 0.05) is 4.47 Å². The van der Waals surface area contributed by atoms with Crippen molar-refractivity contribution >= 4 is 33.8 Å². The number of hydrogen-bond acceptors (Lipinski definition) is 4. The average molecular weight is 415 g/mol. The average Bonchev–Trinajstić information content (AvgIpc) is 2.54. The zero-order chi connectivity index (χ0) is 18.8. The number of benzene rings is 1. The quantitative estimate of drug-likeness (QED) is 0.586. The van der Waals surface area contributed by atoms with Crippen LogP contribution in [0, 0.1) is 0 Å². The first kappa shape index (κ1) is 21.1. The van der Waals surface area contributed by atoms with E-state index in [1.165, 1.54) is 0 Å². The van der Waals surface area contributed by atoms with Crippen LogP contribution in [-0.4, -0.2) is 44.1 Å². The number of amides is 3. The van der Waals surface area contributed by atoms with Gasteiger partial charge < -0.3 is 15.0 Å². The Labute approximate surface area is 156 Å². The molecule has 138 valence electrons. The SMILES string of the molecule is CCOC(=O)NC(=O)C[NH+](CC)CC(=O)N[C@@H](C)c1ccccc1Br. The summed E-state index contributed by atoms with van der Waals surface area (Å²) < 4.78 is 5.58. The van der Waals surface area contributed by atoms with Crippen molar-refractivity contribution in [3.63, 3.8) is 0 Å². The molecule has 0 heterocycles. The lowest BCUT2D eigenvalue weighted by Gasteiger charge is -2.19. The fourth-order valence-corrected chi connectivity index (χ4v) is 2.92. The third kappa shape index (κ3) is 7.66. The molecule has 0 saturated heterocycles. The highest BCUT2D eigenvalue weighted by Gasteiger charge is 2.20. The molecule has 0 saturated carbocycles. The molecule has 25 heavy (non-hydrogen) atoms. The van der Waals surface area contributed by atoms with Crippen LogP contribution in [0.15, 0.2) is 28.7 Å². The predicted octanol–water partition coefficient (Wildman–Crippen LogP) is 0.804. The van der Waals surface area contributed by atoms with Crippen molar-refractivity contribution in [3.05, 3.63) is 34.3 Å². The second kappa shape index (κ2) is 10.8. The van der Waals surface area contributed by atoms with E-state index >= 15 is 0 Å². The van der Waals surface area contributed by atoms with E-state index in [2.05, 4.69) is 31.3 Å². The molecule has 0 aliphatic carbocycles. The summed E-state index contributed by atoms with van der Waals surface area (Å²) in [7, 11) is 0. The van der Waals surface area contributed by atoms with E-state index in [4.69, 9.17) is 0 Å². The van der Waals surface area contributed by atoms with Gasteiger partial charge in [0.05, 0.1) is 19.2 Å². The third-order valence-corrected chi connectivity index (χ3v) is 4.31. The van der Waals surface area contributed by atoms with Crippen molar-refractivity contribution in [2.24, 2.45) is 0 Å². The smallest absolute Gasteiger partial charge is 0.414 e. The second-order valence-corrected chi connectivity index (χ2v) is 6.39. The van der Waals surface area contributed by atoms with Crippen molar-refractivity contribution < 1.29 is 24.0 Å². The highest BCUT2D eigenvalue weighted by molar-refractivity contribution is 9.10. The Morgan fingerprint density at radius 1 is 1.16 bits per heavy atom. The Balaban J connectivity index is 2.51. The summed E-state index contributed by atoms with van der Waals surface area (Å²) in [4.78, 5) is 36.0. The fraction of sp³-hybridized carbons (Fsp3) is 0.471. The summed E-state index contributed by atoms with van der Waals surface area (Å²) in [6, 6.07) is 7.52. The second-order valence-electron chi connectivity index (χ2n) is 5.54. The Morgan fingerprint density at radius 2 is 1.80 bits per heavy atom. The number of rotatable bonds is 8. The number of halogens is 1. The number of carbonyl (C=O) groups is 3. The predicted molar refractivity (Wildman–Crippen MR) is 97.1 cm³/mol. The van der Waals surface area contributed by atoms with Crippen LogP contribution in [0.5, 0.6) is 0 Å². The lowest BCUT2D eigenvalue weighted by Crippen LogP contribution is -3.14. The molecule has 0 aliphatic rings. The Bertz CT molecular complexity index is 609. The summed E-state index contributed by atoms with van der Waals surface area (Å²) in [5.74, 6) is -0.633. The highest BCUT2D eigenvalue weighted by atomic mass is 79.9. The van der Waals surface area contributed by atoms with Crippen molar-refractivity contribution in [2.75, 3.05) is 26.2 Å². The molecule has 0 fully saturated rings. The molecule has 0 spiro atoms. The number of quaternary nitrogens is 1. The summed E-state index contributed by atoms with van der Waals surface area (Å²) in [6.45, 7) is 6.36. The fourth-order valence-electron chi connectivity index (χ4n) is 2.29. The molecule has 0 aliphatic heterocycles. The van der Waals surface area contributed by atoms with Gasteiger partial charge in [-0.3, -0.25) is 14.9 Å². The van der Waals surface area contributed by atoms with Gasteiger partial charge in [-0.05, 0) is 32.4 Å². The van der Waals surface area contributed by atoms with Crippen molar-refractivity contribution in [2.45, 2.75) is 26.8 Å². The molecule has 1 rings (SSSR count). The van der Waals surface area contributed by atoms with Crippen molar-refractivity contribution in [3.8, 4) is 0 Å². The van der Waals surface area contributed by atoms with E-state index < -0.39 is 12.0 Å². The van der Waals surface area contributed by atoms with E-state index in [0.717, 1.165) is 14.9 Å². The summed E-state index contributed by atoms with van der Waals surface area (Å²) in [5.41, 5.74) is 0.981. The molecule has 8 heteroatoms. The topological polar surface area (TPSA) is 88.9 Å². The zero-order valence-corrected chi connectivity index (χ0v) is 16.3. The molecule has 1 aromatic rings. The van der Waals surface area contributed by atoms with Crippen LogP contribution in [0.1, 0.15) is 32.4 Å². The molecule has 0 aromatic heterocycles. The minimum absolute atomic E-state index is 0.0200. The van der Waals surface area contributed by atoms with Crippen LogP contribution in [0.25, 0.3) is 0 Å². The molecule has 2 atom stereocenters. The first-order valence-corrected chi connectivity index (χ1v) is 9.00. The number of hydrogen-bond donors (Lipinski definition) is 3. The van der Waals surface area contributed by atoms with E-state index in [-0.39, 0.29) is 31.6 Å². The maximum Gasteiger partial charge on any atom is 0.414 e. The first-order chi connectivity index (χ1) is 11.9. The maximum atomic E-state index is 12.2. The largest absolute Gasteiger partial charge is 0.450 e. The molecular formula is C17H25BrN3O4+. The molecular weight excluding hydrogens is 390 g/mol. The Morgan fingerprint density at radius 3 is 2.40 bits per heavy atom. The van der Waals surface area contributed by atoms with Crippen LogP contribution in [-0.2, 0) is 14.3 Å². The van der Waals surface area contributed by atoms with Gasteiger partial charge in [-0.2, -0.15) is 0 Å². The number of ether oxygens (including phenoxy) is 1. The van der Waals surface area contributed by atoms with E-state index in [1.54, 1.807) is 6.92 Å². The summed E-state index contributed by atoms with van der Waals surface area (Å²) in [6.07, 6.45) is -0.769. The van der Waals surface area contributed by atoms with Gasteiger partial charge in [0.1, 0.15) is 0 Å². The molecule has 1 aromatic carbocycles. The zero-order valence-electron chi connectivity index (χ0n) is 14.7. The Kier molecular flexibility index (Phi) is 9.15. The Hall–Kier alpha value is -1.93. The standard InChI is InChI=1S/C17H24BrN3O4/c1-4-21(11-16(23)20-17(24)25-5-2)10-15(22)19-12(3)13-8-6-7-9-14(13)18/h6-9,12H,4-5,10-11H2,1-3H3,(H,19,22)(H,20,23,24)/p+1/t12-/m0/s1. The molecule has 1 unspecified atom stereocenters. The third-order valence-electron chi connectivity index (χ3n) is 3.59. The van der Waals surface area contributed by atoms with Gasteiger partial charge in [0.25, 0.3) is 11.8 Å². The molecule has 0 radical (unpaired) electrons.